The first-order valence-electron chi connectivity index (χ1n) is 4.59. The number of hydrogen-bond donors (Lipinski definition) is 3. The van der Waals surface area contributed by atoms with Crippen molar-refractivity contribution in [3.8, 4) is 0 Å². The van der Waals surface area contributed by atoms with Crippen molar-refractivity contribution in [2.75, 3.05) is 21.1 Å². The van der Waals surface area contributed by atoms with Crippen LogP contribution in [0.2, 0.25) is 0 Å². The molecule has 3 heteroatoms. The van der Waals surface area contributed by atoms with Gasteiger partial charge in [0.25, 0.3) is 0 Å². The Morgan fingerprint density at radius 3 is 2.00 bits per heavy atom. The van der Waals surface area contributed by atoms with Gasteiger partial charge in [0, 0.05) is 12.1 Å². The van der Waals surface area contributed by atoms with E-state index in [9.17, 15) is 0 Å². The fourth-order valence-electron chi connectivity index (χ4n) is 1.44. The Morgan fingerprint density at radius 1 is 1.17 bits per heavy atom. The SMILES string of the molecule is CC[C](NC)C(NC)C(C)NC. The van der Waals surface area contributed by atoms with E-state index in [4.69, 9.17) is 0 Å². The van der Waals surface area contributed by atoms with E-state index >= 15 is 0 Å². The van der Waals surface area contributed by atoms with Gasteiger partial charge in [0.15, 0.2) is 0 Å². The Labute approximate surface area is 76.3 Å². The Balaban J connectivity index is 4.09. The largest absolute Gasteiger partial charge is 0.316 e. The lowest BCUT2D eigenvalue weighted by atomic mass is 9.99. The maximum Gasteiger partial charge on any atom is 0.0545 e. The molecule has 0 aliphatic carbocycles. The van der Waals surface area contributed by atoms with E-state index in [2.05, 4.69) is 29.8 Å². The molecule has 0 amide bonds. The second-order valence-corrected chi connectivity index (χ2v) is 2.97. The van der Waals surface area contributed by atoms with Crippen molar-refractivity contribution in [2.24, 2.45) is 0 Å². The van der Waals surface area contributed by atoms with E-state index in [1.165, 1.54) is 6.04 Å². The van der Waals surface area contributed by atoms with Crippen LogP contribution in [0.25, 0.3) is 0 Å². The summed E-state index contributed by atoms with van der Waals surface area (Å²) in [4.78, 5) is 0. The maximum absolute atomic E-state index is 3.29. The van der Waals surface area contributed by atoms with E-state index in [1.54, 1.807) is 0 Å². The van der Waals surface area contributed by atoms with Crippen LogP contribution in [-0.2, 0) is 0 Å². The summed E-state index contributed by atoms with van der Waals surface area (Å²) in [5.74, 6) is 0. The van der Waals surface area contributed by atoms with Crippen molar-refractivity contribution in [3.63, 3.8) is 0 Å². The Bertz CT molecular complexity index is 102. The average molecular weight is 172 g/mol. The quantitative estimate of drug-likeness (QED) is 0.541. The highest BCUT2D eigenvalue weighted by Gasteiger charge is 2.22. The summed E-state index contributed by atoms with van der Waals surface area (Å²) >= 11 is 0. The van der Waals surface area contributed by atoms with Crippen LogP contribution >= 0.6 is 0 Å². The van der Waals surface area contributed by atoms with Gasteiger partial charge in [-0.2, -0.15) is 0 Å². The van der Waals surface area contributed by atoms with Crippen LogP contribution < -0.4 is 16.0 Å². The summed E-state index contributed by atoms with van der Waals surface area (Å²) in [7, 11) is 5.95. The Hall–Kier alpha value is -0.120. The van der Waals surface area contributed by atoms with E-state index in [0.717, 1.165) is 6.42 Å². The number of nitrogens with one attached hydrogen (secondary N) is 3. The average Bonchev–Trinajstić information content (AvgIpc) is 2.12. The van der Waals surface area contributed by atoms with Crippen LogP contribution in [0.15, 0.2) is 0 Å². The van der Waals surface area contributed by atoms with Gasteiger partial charge in [0.2, 0.25) is 0 Å². The second-order valence-electron chi connectivity index (χ2n) is 2.97. The molecule has 1 radical (unpaired) electrons. The standard InChI is InChI=1S/C9H22N3/c1-6-8(11-4)9(12-5)7(2)10-3/h7,9-12H,6H2,1-5H3. The van der Waals surface area contributed by atoms with Crippen molar-refractivity contribution in [3.05, 3.63) is 6.04 Å². The molecule has 0 aliphatic rings. The minimum Gasteiger partial charge on any atom is -0.316 e. The molecule has 0 fully saturated rings. The van der Waals surface area contributed by atoms with Gasteiger partial charge in [-0.3, -0.25) is 0 Å². The zero-order chi connectivity index (χ0) is 9.56. The molecule has 2 atom stereocenters. The van der Waals surface area contributed by atoms with Gasteiger partial charge in [-0.15, -0.1) is 0 Å². The molecule has 0 spiro atoms. The summed E-state index contributed by atoms with van der Waals surface area (Å²) in [5, 5.41) is 9.77. The topological polar surface area (TPSA) is 36.1 Å². The third kappa shape index (κ3) is 3.09. The molecule has 0 saturated heterocycles. The van der Waals surface area contributed by atoms with E-state index < -0.39 is 0 Å². The molecule has 12 heavy (non-hydrogen) atoms. The van der Waals surface area contributed by atoms with Crippen molar-refractivity contribution in [1.82, 2.24) is 16.0 Å². The first kappa shape index (κ1) is 11.9. The number of likely N-dealkylation sites (N-methyl/N-ethyl adjacent to an activating group) is 3. The van der Waals surface area contributed by atoms with Crippen LogP contribution in [0.3, 0.4) is 0 Å². The van der Waals surface area contributed by atoms with Gasteiger partial charge in [0.05, 0.1) is 6.04 Å². The van der Waals surface area contributed by atoms with Crippen LogP contribution in [0, 0.1) is 6.04 Å². The smallest absolute Gasteiger partial charge is 0.0545 e. The first-order valence-corrected chi connectivity index (χ1v) is 4.59. The minimum absolute atomic E-state index is 0.407. The molecule has 0 saturated carbocycles. The third-order valence-electron chi connectivity index (χ3n) is 2.34. The molecule has 2 unspecified atom stereocenters. The van der Waals surface area contributed by atoms with Gasteiger partial charge < -0.3 is 16.0 Å². The molecule has 0 rings (SSSR count). The Morgan fingerprint density at radius 2 is 1.75 bits per heavy atom. The molecule has 0 heterocycles. The van der Waals surface area contributed by atoms with Gasteiger partial charge in [-0.25, -0.2) is 0 Å². The lowest BCUT2D eigenvalue weighted by Gasteiger charge is -2.29. The molecule has 3 N–H and O–H groups in total. The summed E-state index contributed by atoms with van der Waals surface area (Å²) in [6.45, 7) is 4.34. The molecule has 0 aromatic rings. The minimum atomic E-state index is 0.407. The number of rotatable bonds is 6. The van der Waals surface area contributed by atoms with Gasteiger partial charge in [-0.1, -0.05) is 6.92 Å². The lowest BCUT2D eigenvalue weighted by molar-refractivity contribution is 0.406. The summed E-state index contributed by atoms with van der Waals surface area (Å²) in [5.41, 5.74) is 0. The normalized spacial score (nSPS) is 16.5. The fourth-order valence-corrected chi connectivity index (χ4v) is 1.44. The highest BCUT2D eigenvalue weighted by molar-refractivity contribution is 5.01. The van der Waals surface area contributed by atoms with Crippen LogP contribution in [0.5, 0.6) is 0 Å². The van der Waals surface area contributed by atoms with Crippen LogP contribution in [-0.4, -0.2) is 33.2 Å². The molecule has 0 aromatic heterocycles. The van der Waals surface area contributed by atoms with Gasteiger partial charge >= 0.3 is 0 Å². The van der Waals surface area contributed by atoms with Crippen molar-refractivity contribution < 1.29 is 0 Å². The summed E-state index contributed by atoms with van der Waals surface area (Å²) < 4.78 is 0. The highest BCUT2D eigenvalue weighted by Crippen LogP contribution is 2.09. The van der Waals surface area contributed by atoms with Crippen molar-refractivity contribution in [1.29, 1.82) is 0 Å². The summed E-state index contributed by atoms with van der Waals surface area (Å²) in [6, 6.07) is 2.21. The van der Waals surface area contributed by atoms with Crippen LogP contribution in [0.1, 0.15) is 20.3 Å². The molecule has 73 valence electrons. The third-order valence-corrected chi connectivity index (χ3v) is 2.34. The van der Waals surface area contributed by atoms with Gasteiger partial charge in [0.1, 0.15) is 0 Å². The maximum atomic E-state index is 3.29. The molecular weight excluding hydrogens is 150 g/mol. The predicted molar refractivity (Wildman–Crippen MR) is 54.0 cm³/mol. The van der Waals surface area contributed by atoms with Crippen molar-refractivity contribution >= 4 is 0 Å². The highest BCUT2D eigenvalue weighted by atomic mass is 15.0. The Kier molecular flexibility index (Phi) is 6.34. The molecule has 0 bridgehead atoms. The van der Waals surface area contributed by atoms with E-state index in [-0.39, 0.29) is 0 Å². The summed E-state index contributed by atoms with van der Waals surface area (Å²) in [6.07, 6.45) is 1.06. The number of hydrogen-bond acceptors (Lipinski definition) is 3. The molecule has 0 aromatic carbocycles. The molecule has 0 aliphatic heterocycles. The molecule has 3 nitrogen and oxygen atoms in total. The lowest BCUT2D eigenvalue weighted by Crippen LogP contribution is -2.50. The first-order chi connectivity index (χ1) is 5.71. The fraction of sp³-hybridized carbons (Fsp3) is 0.889. The van der Waals surface area contributed by atoms with Crippen LogP contribution in [0.4, 0.5) is 0 Å². The second kappa shape index (κ2) is 6.40. The van der Waals surface area contributed by atoms with E-state index in [1.807, 2.05) is 21.1 Å². The monoisotopic (exact) mass is 172 g/mol. The zero-order valence-electron chi connectivity index (χ0n) is 8.86. The van der Waals surface area contributed by atoms with Gasteiger partial charge in [-0.05, 0) is 34.5 Å². The predicted octanol–water partition coefficient (Wildman–Crippen LogP) is 0.344. The molecular formula is C9H22N3. The van der Waals surface area contributed by atoms with Crippen molar-refractivity contribution in [2.45, 2.75) is 32.4 Å². The zero-order valence-corrected chi connectivity index (χ0v) is 8.86. The van der Waals surface area contributed by atoms with E-state index in [0.29, 0.717) is 12.1 Å².